The van der Waals surface area contributed by atoms with E-state index in [1.165, 1.54) is 18.4 Å². The number of carbonyl (C=O) groups excluding carboxylic acids is 1. The molecule has 3 unspecified atom stereocenters. The molecular formula is C27H36FN3O2. The molecule has 0 spiro atoms. The number of aryl methyl sites for hydroxylation is 1. The van der Waals surface area contributed by atoms with Crippen molar-refractivity contribution in [3.63, 3.8) is 0 Å². The molecule has 1 aliphatic heterocycles. The molecule has 1 fully saturated rings. The minimum atomic E-state index is -1.02. The zero-order valence-corrected chi connectivity index (χ0v) is 20.4. The van der Waals surface area contributed by atoms with Crippen LogP contribution in [0.15, 0.2) is 53.1 Å². The van der Waals surface area contributed by atoms with E-state index < -0.39 is 12.1 Å². The van der Waals surface area contributed by atoms with Gasteiger partial charge in [0.1, 0.15) is 17.7 Å². The number of anilines is 1. The summed E-state index contributed by atoms with van der Waals surface area (Å²) in [5.74, 6) is 0.413. The van der Waals surface area contributed by atoms with E-state index in [1.54, 1.807) is 13.3 Å². The topological polar surface area (TPSA) is 63.2 Å². The zero-order valence-electron chi connectivity index (χ0n) is 20.4. The Morgan fingerprint density at radius 3 is 2.70 bits per heavy atom. The predicted octanol–water partition coefficient (Wildman–Crippen LogP) is 6.00. The lowest BCUT2D eigenvalue weighted by molar-refractivity contribution is -0.117. The summed E-state index contributed by atoms with van der Waals surface area (Å²) >= 11 is 0. The van der Waals surface area contributed by atoms with E-state index in [-0.39, 0.29) is 5.91 Å². The van der Waals surface area contributed by atoms with Gasteiger partial charge in [0.05, 0.1) is 13.0 Å². The fourth-order valence-corrected chi connectivity index (χ4v) is 3.99. The number of alkyl halides is 1. The third-order valence-corrected chi connectivity index (χ3v) is 6.10. The first kappa shape index (κ1) is 24.7. The quantitative estimate of drug-likeness (QED) is 0.337. The maximum absolute atomic E-state index is 13.2. The highest BCUT2D eigenvalue weighted by Gasteiger charge is 2.43. The average molecular weight is 454 g/mol. The fourth-order valence-electron chi connectivity index (χ4n) is 3.99. The Balaban J connectivity index is 1.89. The molecule has 0 bridgehead atoms. The van der Waals surface area contributed by atoms with Crippen molar-refractivity contribution in [1.29, 1.82) is 0 Å². The number of rotatable bonds is 10. The number of aromatic nitrogens is 1. The second-order valence-electron chi connectivity index (χ2n) is 8.84. The van der Waals surface area contributed by atoms with Crippen molar-refractivity contribution in [1.82, 2.24) is 10.3 Å². The fraction of sp³-hybridized carbons (Fsp3) is 0.481. The van der Waals surface area contributed by atoms with Crippen LogP contribution in [0.4, 0.5) is 10.2 Å². The number of ether oxygens (including phenoxy) is 1. The Labute approximate surface area is 196 Å². The van der Waals surface area contributed by atoms with Crippen LogP contribution >= 0.6 is 0 Å². The maximum atomic E-state index is 13.2. The number of amides is 1. The monoisotopic (exact) mass is 453 g/mol. The van der Waals surface area contributed by atoms with Crippen molar-refractivity contribution in [2.75, 3.05) is 12.4 Å². The Morgan fingerprint density at radius 2 is 2.12 bits per heavy atom. The molecule has 33 heavy (non-hydrogen) atoms. The number of unbranched alkanes of at least 4 members (excludes halogenated alkanes) is 1. The van der Waals surface area contributed by atoms with Crippen molar-refractivity contribution in [2.45, 2.75) is 72.0 Å². The van der Waals surface area contributed by atoms with Crippen LogP contribution < -0.4 is 10.6 Å². The van der Waals surface area contributed by atoms with Crippen LogP contribution in [0.5, 0.6) is 0 Å². The maximum Gasteiger partial charge on any atom is 0.231 e. The van der Waals surface area contributed by atoms with E-state index in [1.807, 2.05) is 13.0 Å². The van der Waals surface area contributed by atoms with Gasteiger partial charge in [-0.25, -0.2) is 9.37 Å². The first-order valence-corrected chi connectivity index (χ1v) is 11.9. The third-order valence-electron chi connectivity index (χ3n) is 6.10. The molecule has 0 radical (unpaired) electrons. The van der Waals surface area contributed by atoms with Crippen molar-refractivity contribution < 1.29 is 13.9 Å². The van der Waals surface area contributed by atoms with Crippen LogP contribution in [0.1, 0.15) is 64.0 Å². The van der Waals surface area contributed by atoms with Gasteiger partial charge in [0, 0.05) is 29.6 Å². The van der Waals surface area contributed by atoms with E-state index in [0.29, 0.717) is 18.3 Å². The minimum absolute atomic E-state index is 0.299. The van der Waals surface area contributed by atoms with E-state index in [2.05, 4.69) is 60.8 Å². The number of allylic oxidation sites excluding steroid dienone is 3. The molecule has 5 nitrogen and oxygen atoms in total. The summed E-state index contributed by atoms with van der Waals surface area (Å²) in [6.07, 6.45) is 13.9. The number of hydrogen-bond donors (Lipinski definition) is 2. The summed E-state index contributed by atoms with van der Waals surface area (Å²) in [5.41, 5.74) is 5.17. The zero-order chi connectivity index (χ0) is 24.0. The normalized spacial score (nSPS) is 22.8. The van der Waals surface area contributed by atoms with Crippen molar-refractivity contribution in [3.05, 3.63) is 64.2 Å². The SMILES string of the molecule is CC/C=C(OC)/C(=C\c1cnc(NC(=O)C2CC2F)cc1C)C1=CNC(CCCC)C=C1C. The molecule has 0 saturated heterocycles. The van der Waals surface area contributed by atoms with E-state index in [4.69, 9.17) is 4.74 Å². The van der Waals surface area contributed by atoms with E-state index in [0.717, 1.165) is 40.9 Å². The highest BCUT2D eigenvalue weighted by molar-refractivity contribution is 5.94. The van der Waals surface area contributed by atoms with Crippen LogP contribution in [0.25, 0.3) is 6.08 Å². The van der Waals surface area contributed by atoms with Crippen LogP contribution in [-0.4, -0.2) is 30.2 Å². The molecule has 1 saturated carbocycles. The third kappa shape index (κ3) is 6.34. The molecule has 178 valence electrons. The van der Waals surface area contributed by atoms with Crippen LogP contribution in [0.3, 0.4) is 0 Å². The van der Waals surface area contributed by atoms with E-state index >= 15 is 0 Å². The van der Waals surface area contributed by atoms with Crippen LogP contribution in [0, 0.1) is 12.8 Å². The summed E-state index contributed by atoms with van der Waals surface area (Å²) in [4.78, 5) is 16.4. The van der Waals surface area contributed by atoms with Gasteiger partial charge in [0.15, 0.2) is 0 Å². The molecule has 1 aromatic rings. The summed E-state index contributed by atoms with van der Waals surface area (Å²) < 4.78 is 18.9. The molecule has 2 aliphatic rings. The highest BCUT2D eigenvalue weighted by Crippen LogP contribution is 2.35. The Hall–Kier alpha value is -2.89. The number of methoxy groups -OCH3 is 1. The molecule has 0 aromatic carbocycles. The van der Waals surface area contributed by atoms with Gasteiger partial charge in [-0.2, -0.15) is 0 Å². The minimum Gasteiger partial charge on any atom is -0.496 e. The lowest BCUT2D eigenvalue weighted by Gasteiger charge is -2.24. The van der Waals surface area contributed by atoms with Gasteiger partial charge in [-0.05, 0) is 68.0 Å². The second kappa shape index (κ2) is 11.3. The van der Waals surface area contributed by atoms with Gasteiger partial charge in [-0.1, -0.05) is 32.8 Å². The Bertz CT molecular complexity index is 993. The van der Waals surface area contributed by atoms with Gasteiger partial charge in [-0.3, -0.25) is 4.79 Å². The Morgan fingerprint density at radius 1 is 1.36 bits per heavy atom. The summed E-state index contributed by atoms with van der Waals surface area (Å²) in [5, 5.41) is 6.26. The highest BCUT2D eigenvalue weighted by atomic mass is 19.1. The number of carbonyl (C=O) groups is 1. The van der Waals surface area contributed by atoms with E-state index in [9.17, 15) is 9.18 Å². The van der Waals surface area contributed by atoms with Gasteiger partial charge in [-0.15, -0.1) is 0 Å². The van der Waals surface area contributed by atoms with Crippen molar-refractivity contribution in [3.8, 4) is 0 Å². The predicted molar refractivity (Wildman–Crippen MR) is 132 cm³/mol. The molecular weight excluding hydrogens is 417 g/mol. The van der Waals surface area contributed by atoms with Gasteiger partial charge >= 0.3 is 0 Å². The average Bonchev–Trinajstić information content (AvgIpc) is 3.53. The summed E-state index contributed by atoms with van der Waals surface area (Å²) in [7, 11) is 1.69. The molecule has 3 atom stereocenters. The van der Waals surface area contributed by atoms with Gasteiger partial charge in [0.2, 0.25) is 5.91 Å². The lowest BCUT2D eigenvalue weighted by atomic mass is 9.91. The number of halogens is 1. The number of hydrogen-bond acceptors (Lipinski definition) is 4. The molecule has 2 heterocycles. The number of pyridine rings is 1. The largest absolute Gasteiger partial charge is 0.496 e. The van der Waals surface area contributed by atoms with Gasteiger partial charge in [0.25, 0.3) is 0 Å². The summed E-state index contributed by atoms with van der Waals surface area (Å²) in [6.45, 7) is 8.40. The molecule has 3 rings (SSSR count). The first-order chi connectivity index (χ1) is 15.9. The molecule has 1 aromatic heterocycles. The molecule has 1 aliphatic carbocycles. The number of nitrogens with zero attached hydrogens (tertiary/aromatic N) is 1. The number of nitrogens with one attached hydrogen (secondary N) is 2. The lowest BCUT2D eigenvalue weighted by Crippen LogP contribution is -2.26. The standard InChI is InChI=1S/C27H36FN3O2/c1-6-8-10-20-11-18(4)23(16-29-20)21(25(33-5)9-7-2)13-19-15-30-26(12-17(19)3)31-27(32)22-14-24(22)28/h9,11-13,15-16,20,22,24,29H,6-8,10,14H2,1-5H3,(H,30,31,32)/b21-13-,25-9-. The molecule has 2 N–H and O–H groups in total. The number of dihydropyridines is 1. The van der Waals surface area contributed by atoms with Crippen molar-refractivity contribution >= 4 is 17.8 Å². The van der Waals surface area contributed by atoms with Crippen LogP contribution in [0.2, 0.25) is 0 Å². The second-order valence-corrected chi connectivity index (χ2v) is 8.84. The Kier molecular flexibility index (Phi) is 8.48. The van der Waals surface area contributed by atoms with Crippen molar-refractivity contribution in [2.24, 2.45) is 5.92 Å². The molecule has 6 heteroatoms. The van der Waals surface area contributed by atoms with Gasteiger partial charge < -0.3 is 15.4 Å². The van der Waals surface area contributed by atoms with Crippen LogP contribution in [-0.2, 0) is 9.53 Å². The first-order valence-electron chi connectivity index (χ1n) is 11.9. The molecule has 1 amide bonds. The summed E-state index contributed by atoms with van der Waals surface area (Å²) in [6, 6.07) is 2.17. The smallest absolute Gasteiger partial charge is 0.231 e.